The van der Waals surface area contributed by atoms with Crippen LogP contribution in [0.5, 0.6) is 0 Å². The first kappa shape index (κ1) is 27.6. The van der Waals surface area contributed by atoms with E-state index < -0.39 is 0 Å². The van der Waals surface area contributed by atoms with Gasteiger partial charge in [0.2, 0.25) is 0 Å². The third-order valence-electron chi connectivity index (χ3n) is 5.55. The van der Waals surface area contributed by atoms with E-state index in [2.05, 4.69) is 62.4 Å². The molecule has 5 heteroatoms. The molecule has 0 unspecified atom stereocenters. The van der Waals surface area contributed by atoms with Crippen molar-refractivity contribution in [2.24, 2.45) is 0 Å². The molecule has 0 saturated carbocycles. The highest BCUT2D eigenvalue weighted by molar-refractivity contribution is 7.94. The largest absolute Gasteiger partial charge is 0.466 e. The summed E-state index contributed by atoms with van der Waals surface area (Å²) >= 11 is 1.72. The van der Waals surface area contributed by atoms with Crippen molar-refractivity contribution in [1.82, 2.24) is 0 Å². The van der Waals surface area contributed by atoms with Crippen molar-refractivity contribution >= 4 is 24.1 Å². The Hall–Kier alpha value is -1.66. The van der Waals surface area contributed by atoms with Crippen molar-refractivity contribution in [1.29, 1.82) is 0 Å². The fourth-order valence-corrected chi connectivity index (χ4v) is 4.56. The lowest BCUT2D eigenvalue weighted by molar-refractivity contribution is 0.262. The number of allylic oxidation sites excluding steroid dienone is 2. The lowest BCUT2D eigenvalue weighted by atomic mass is 10.0. The molecule has 0 amide bonds. The smallest absolute Gasteiger partial charge is 0.104 e. The zero-order valence-corrected chi connectivity index (χ0v) is 21.6. The van der Waals surface area contributed by atoms with Crippen molar-refractivity contribution in [3.05, 3.63) is 94.5 Å². The molecule has 0 atom stereocenters. The Morgan fingerprint density at radius 3 is 1.39 bits per heavy atom. The molecule has 0 aliphatic rings. The fourth-order valence-electron chi connectivity index (χ4n) is 3.72. The molecule has 3 nitrogen and oxygen atoms in total. The van der Waals surface area contributed by atoms with E-state index in [-0.39, 0.29) is 0 Å². The Morgan fingerprint density at radius 1 is 0.667 bits per heavy atom. The third kappa shape index (κ3) is 10.4. The molecule has 0 aliphatic carbocycles. The van der Waals surface area contributed by atoms with Gasteiger partial charge >= 0.3 is 0 Å². The van der Waals surface area contributed by atoms with Crippen LogP contribution in [0.2, 0.25) is 0 Å². The van der Waals surface area contributed by atoms with E-state index in [0.717, 1.165) is 98.1 Å². The zero-order chi connectivity index (χ0) is 23.7. The Morgan fingerprint density at radius 2 is 1.06 bits per heavy atom. The zero-order valence-electron chi connectivity index (χ0n) is 20.0. The van der Waals surface area contributed by atoms with Crippen molar-refractivity contribution < 1.29 is 13.8 Å². The molecule has 0 fully saturated rings. The van der Waals surface area contributed by atoms with Crippen LogP contribution in [0.4, 0.5) is 0 Å². The van der Waals surface area contributed by atoms with Crippen LogP contribution in [0.1, 0.15) is 63.5 Å². The summed E-state index contributed by atoms with van der Waals surface area (Å²) in [4.78, 5) is 0. The van der Waals surface area contributed by atoms with Gasteiger partial charge in [-0.25, -0.2) is 0 Å². The van der Waals surface area contributed by atoms with Gasteiger partial charge in [0.15, 0.2) is 0 Å². The van der Waals surface area contributed by atoms with Gasteiger partial charge < -0.3 is 13.8 Å². The minimum atomic E-state index is 0.526. The summed E-state index contributed by atoms with van der Waals surface area (Å²) < 4.78 is 26.2. The summed E-state index contributed by atoms with van der Waals surface area (Å²) in [5.74, 6) is 3.00. The second-order valence-corrected chi connectivity index (χ2v) is 9.33. The molecule has 33 heavy (non-hydrogen) atoms. The standard InChI is InChI=1S/C28H38O3S2/c1-3-5-17-27(25(21-32-29)19-23-13-9-7-10-14-23)31-28(18-6-4-2)26(22-33-30)20-24-15-11-8-12-16-24/h7-16,29-30H,3-6,17-22H2,1-2H3. The topological polar surface area (TPSA) is 49.7 Å². The van der Waals surface area contributed by atoms with Crippen LogP contribution in [0.15, 0.2) is 83.3 Å². The average Bonchev–Trinajstić information content (AvgIpc) is 2.84. The average molecular weight is 487 g/mol. The molecule has 2 N–H and O–H groups in total. The molecular weight excluding hydrogens is 448 g/mol. The van der Waals surface area contributed by atoms with Gasteiger partial charge in [-0.15, -0.1) is 0 Å². The van der Waals surface area contributed by atoms with Crippen LogP contribution in [0, 0.1) is 0 Å². The SMILES string of the molecule is CCCCC(OC(CCCC)=C(CSO)Cc1ccccc1)=C(CSO)Cc1ccccc1. The second kappa shape index (κ2) is 16.9. The van der Waals surface area contributed by atoms with Gasteiger partial charge in [0, 0.05) is 24.3 Å². The Bertz CT molecular complexity index is 776. The highest BCUT2D eigenvalue weighted by Gasteiger charge is 2.16. The van der Waals surface area contributed by atoms with Gasteiger partial charge in [0.25, 0.3) is 0 Å². The molecule has 2 aromatic rings. The first-order valence-corrected chi connectivity index (χ1v) is 13.8. The number of hydrogen-bond acceptors (Lipinski definition) is 5. The van der Waals surface area contributed by atoms with Gasteiger partial charge in [-0.2, -0.15) is 0 Å². The summed E-state index contributed by atoms with van der Waals surface area (Å²) in [5, 5.41) is 0. The monoisotopic (exact) mass is 486 g/mol. The summed E-state index contributed by atoms with van der Waals surface area (Å²) in [6.07, 6.45) is 7.44. The first-order chi connectivity index (χ1) is 16.2. The third-order valence-corrected chi connectivity index (χ3v) is 6.50. The molecule has 2 rings (SSSR count). The summed E-state index contributed by atoms with van der Waals surface area (Å²) in [6.45, 7) is 4.37. The highest BCUT2D eigenvalue weighted by Crippen LogP contribution is 2.29. The van der Waals surface area contributed by atoms with Crippen LogP contribution >= 0.6 is 24.1 Å². The predicted octanol–water partition coefficient (Wildman–Crippen LogP) is 8.79. The lowest BCUT2D eigenvalue weighted by Gasteiger charge is -2.21. The molecule has 0 aliphatic heterocycles. The molecular formula is C28H38O3S2. The number of benzene rings is 2. The molecule has 2 aromatic carbocycles. The van der Waals surface area contributed by atoms with Crippen LogP contribution in [0.25, 0.3) is 0 Å². The number of hydrogen-bond donors (Lipinski definition) is 2. The summed E-state index contributed by atoms with van der Waals surface area (Å²) in [7, 11) is 0. The van der Waals surface area contributed by atoms with Gasteiger partial charge in [-0.1, -0.05) is 87.4 Å². The van der Waals surface area contributed by atoms with Gasteiger partial charge in [-0.05, 0) is 72.0 Å². The van der Waals surface area contributed by atoms with Crippen LogP contribution in [-0.2, 0) is 17.6 Å². The molecule has 0 bridgehead atoms. The molecule has 0 aromatic heterocycles. The van der Waals surface area contributed by atoms with E-state index in [1.54, 1.807) is 0 Å². The Balaban J connectivity index is 2.45. The van der Waals surface area contributed by atoms with Crippen molar-refractivity contribution in [2.75, 3.05) is 11.5 Å². The maximum Gasteiger partial charge on any atom is 0.104 e. The van der Waals surface area contributed by atoms with Crippen molar-refractivity contribution in [2.45, 2.75) is 65.2 Å². The number of unbranched alkanes of at least 4 members (excludes halogenated alkanes) is 2. The fraction of sp³-hybridized carbons (Fsp3) is 0.429. The van der Waals surface area contributed by atoms with Crippen LogP contribution in [-0.4, -0.2) is 20.6 Å². The van der Waals surface area contributed by atoms with Crippen molar-refractivity contribution in [3.63, 3.8) is 0 Å². The molecule has 0 heterocycles. The summed E-state index contributed by atoms with van der Waals surface area (Å²) in [6, 6.07) is 20.7. The quantitative estimate of drug-likeness (QED) is 0.183. The van der Waals surface area contributed by atoms with E-state index in [4.69, 9.17) is 4.74 Å². The maximum absolute atomic E-state index is 9.73. The van der Waals surface area contributed by atoms with Crippen molar-refractivity contribution in [3.8, 4) is 0 Å². The van der Waals surface area contributed by atoms with Gasteiger partial charge in [0.05, 0.1) is 0 Å². The molecule has 180 valence electrons. The number of rotatable bonds is 16. The molecule has 0 spiro atoms. The Labute approximate surface area is 208 Å². The van der Waals surface area contributed by atoms with E-state index in [1.165, 1.54) is 11.1 Å². The number of ether oxygens (including phenoxy) is 1. The molecule has 0 radical (unpaired) electrons. The van der Waals surface area contributed by atoms with E-state index >= 15 is 0 Å². The Kier molecular flexibility index (Phi) is 14.1. The minimum absolute atomic E-state index is 0.526. The normalized spacial score (nSPS) is 12.8. The maximum atomic E-state index is 9.73. The molecule has 0 saturated heterocycles. The van der Waals surface area contributed by atoms with Gasteiger partial charge in [-0.3, -0.25) is 0 Å². The first-order valence-electron chi connectivity index (χ1n) is 11.9. The highest BCUT2D eigenvalue weighted by atomic mass is 32.2. The van der Waals surface area contributed by atoms with E-state index in [0.29, 0.717) is 11.5 Å². The van der Waals surface area contributed by atoms with E-state index in [1.807, 2.05) is 12.1 Å². The lowest BCUT2D eigenvalue weighted by Crippen LogP contribution is -2.08. The minimum Gasteiger partial charge on any atom is -0.466 e. The van der Waals surface area contributed by atoms with Crippen LogP contribution < -0.4 is 0 Å². The van der Waals surface area contributed by atoms with Crippen LogP contribution in [0.3, 0.4) is 0 Å². The van der Waals surface area contributed by atoms with Gasteiger partial charge in [0.1, 0.15) is 11.5 Å². The predicted molar refractivity (Wildman–Crippen MR) is 145 cm³/mol. The second-order valence-electron chi connectivity index (χ2n) is 8.23. The van der Waals surface area contributed by atoms with E-state index in [9.17, 15) is 9.11 Å². The summed E-state index contributed by atoms with van der Waals surface area (Å²) in [5.41, 5.74) is 4.70.